The lowest BCUT2D eigenvalue weighted by Crippen LogP contribution is -2.25. The van der Waals surface area contributed by atoms with Crippen molar-refractivity contribution in [1.29, 1.82) is 0 Å². The van der Waals surface area contributed by atoms with E-state index in [-0.39, 0.29) is 5.82 Å². The average molecular weight is 340 g/mol. The van der Waals surface area contributed by atoms with Crippen LogP contribution in [0.3, 0.4) is 0 Å². The second-order valence-electron chi connectivity index (χ2n) is 6.45. The van der Waals surface area contributed by atoms with Gasteiger partial charge in [0.05, 0.1) is 11.9 Å². The molecule has 3 heterocycles. The van der Waals surface area contributed by atoms with E-state index in [1.807, 2.05) is 16.6 Å². The summed E-state index contributed by atoms with van der Waals surface area (Å²) in [6.07, 6.45) is 2.84. The van der Waals surface area contributed by atoms with E-state index < -0.39 is 0 Å². The Labute approximate surface area is 145 Å². The van der Waals surface area contributed by atoms with Gasteiger partial charge in [-0.25, -0.2) is 9.37 Å². The van der Waals surface area contributed by atoms with Gasteiger partial charge in [-0.15, -0.1) is 0 Å². The van der Waals surface area contributed by atoms with Gasteiger partial charge in [-0.05, 0) is 36.6 Å². The number of fused-ring (bicyclic) bond motifs is 1. The van der Waals surface area contributed by atoms with Crippen LogP contribution in [-0.4, -0.2) is 41.3 Å². The van der Waals surface area contributed by atoms with E-state index in [2.05, 4.69) is 32.9 Å². The van der Waals surface area contributed by atoms with Crippen LogP contribution in [0.25, 0.3) is 16.9 Å². The van der Waals surface area contributed by atoms with E-state index in [4.69, 9.17) is 0 Å². The Morgan fingerprint density at radius 3 is 2.72 bits per heavy atom. The Morgan fingerprint density at radius 2 is 1.96 bits per heavy atom. The first-order chi connectivity index (χ1) is 12.2. The first-order valence-electron chi connectivity index (χ1n) is 8.48. The van der Waals surface area contributed by atoms with Crippen molar-refractivity contribution in [1.82, 2.24) is 25.4 Å². The second kappa shape index (κ2) is 6.78. The van der Waals surface area contributed by atoms with Crippen LogP contribution in [0.2, 0.25) is 0 Å². The second-order valence-corrected chi connectivity index (χ2v) is 6.45. The molecule has 6 nitrogen and oxygen atoms in total. The van der Waals surface area contributed by atoms with Crippen molar-refractivity contribution in [2.75, 3.05) is 31.6 Å². The minimum absolute atomic E-state index is 0.245. The van der Waals surface area contributed by atoms with Crippen LogP contribution in [0.1, 0.15) is 6.42 Å². The summed E-state index contributed by atoms with van der Waals surface area (Å²) < 4.78 is 15.1. The van der Waals surface area contributed by atoms with E-state index in [1.165, 1.54) is 12.1 Å². The molecule has 0 amide bonds. The summed E-state index contributed by atoms with van der Waals surface area (Å²) in [5, 5.41) is 4.40. The molecule has 130 valence electrons. The number of benzene rings is 1. The maximum Gasteiger partial charge on any atom is 0.157 e. The van der Waals surface area contributed by atoms with Gasteiger partial charge in [-0.1, -0.05) is 0 Å². The quantitative estimate of drug-likeness (QED) is 0.745. The molecule has 0 unspecified atom stereocenters. The van der Waals surface area contributed by atoms with Crippen LogP contribution in [-0.2, 0) is 0 Å². The molecule has 1 aromatic carbocycles. The lowest BCUT2D eigenvalue weighted by atomic mass is 10.1. The van der Waals surface area contributed by atoms with E-state index >= 15 is 0 Å². The highest BCUT2D eigenvalue weighted by atomic mass is 19.1. The lowest BCUT2D eigenvalue weighted by molar-refractivity contribution is 0.554. The Hall–Kier alpha value is -2.51. The smallest absolute Gasteiger partial charge is 0.157 e. The topological polar surface area (TPSA) is 57.5 Å². The molecule has 0 aliphatic carbocycles. The maximum atomic E-state index is 13.2. The SMILES string of the molecule is CN(CCC1CNNC1)c1cc(-c2ccc(F)cc2)nc2ccnn12. The molecule has 0 saturated carbocycles. The predicted octanol–water partition coefficient (Wildman–Crippen LogP) is 2.09. The van der Waals surface area contributed by atoms with Gasteiger partial charge in [-0.2, -0.15) is 9.61 Å². The van der Waals surface area contributed by atoms with Crippen LogP contribution in [0, 0.1) is 11.7 Å². The molecule has 2 aromatic heterocycles. The van der Waals surface area contributed by atoms with Gasteiger partial charge in [0.15, 0.2) is 5.65 Å². The van der Waals surface area contributed by atoms with Crippen LogP contribution >= 0.6 is 0 Å². The Morgan fingerprint density at radius 1 is 1.20 bits per heavy atom. The van der Waals surface area contributed by atoms with Gasteiger partial charge in [-0.3, -0.25) is 10.9 Å². The van der Waals surface area contributed by atoms with Crippen molar-refractivity contribution in [3.05, 3.63) is 48.4 Å². The lowest BCUT2D eigenvalue weighted by Gasteiger charge is -2.22. The summed E-state index contributed by atoms with van der Waals surface area (Å²) in [5.41, 5.74) is 8.84. The number of nitrogens with one attached hydrogen (secondary N) is 2. The molecular weight excluding hydrogens is 319 g/mol. The van der Waals surface area contributed by atoms with E-state index in [0.717, 1.165) is 48.8 Å². The number of hydrogen-bond acceptors (Lipinski definition) is 5. The first-order valence-corrected chi connectivity index (χ1v) is 8.48. The van der Waals surface area contributed by atoms with Crippen molar-refractivity contribution >= 4 is 11.5 Å². The van der Waals surface area contributed by atoms with Crippen LogP contribution in [0.5, 0.6) is 0 Å². The summed E-state index contributed by atoms with van der Waals surface area (Å²) in [6, 6.07) is 10.3. The molecule has 1 fully saturated rings. The molecule has 4 rings (SSSR count). The number of hydrazine groups is 1. The van der Waals surface area contributed by atoms with Gasteiger partial charge >= 0.3 is 0 Å². The average Bonchev–Trinajstić information content (AvgIpc) is 3.30. The van der Waals surface area contributed by atoms with E-state index in [9.17, 15) is 4.39 Å². The number of anilines is 1. The fourth-order valence-electron chi connectivity index (χ4n) is 3.14. The van der Waals surface area contributed by atoms with Crippen LogP contribution in [0.4, 0.5) is 10.2 Å². The first kappa shape index (κ1) is 16.0. The van der Waals surface area contributed by atoms with E-state index in [0.29, 0.717) is 5.92 Å². The zero-order valence-electron chi connectivity index (χ0n) is 14.1. The molecule has 7 heteroatoms. The van der Waals surface area contributed by atoms with E-state index in [1.54, 1.807) is 18.3 Å². The fourth-order valence-corrected chi connectivity index (χ4v) is 3.14. The van der Waals surface area contributed by atoms with Gasteiger partial charge < -0.3 is 4.90 Å². The summed E-state index contributed by atoms with van der Waals surface area (Å²) in [5.74, 6) is 1.37. The van der Waals surface area contributed by atoms with Gasteiger partial charge in [0, 0.05) is 44.4 Å². The Bertz CT molecular complexity index is 854. The number of halogens is 1. The third-order valence-corrected chi connectivity index (χ3v) is 4.65. The predicted molar refractivity (Wildman–Crippen MR) is 95.8 cm³/mol. The highest BCUT2D eigenvalue weighted by Gasteiger charge is 2.17. The van der Waals surface area contributed by atoms with Crippen LogP contribution in [0.15, 0.2) is 42.6 Å². The Balaban J connectivity index is 1.64. The van der Waals surface area contributed by atoms with Crippen molar-refractivity contribution in [2.45, 2.75) is 6.42 Å². The monoisotopic (exact) mass is 340 g/mol. The minimum atomic E-state index is -0.245. The van der Waals surface area contributed by atoms with Gasteiger partial charge in [0.25, 0.3) is 0 Å². The normalized spacial score (nSPS) is 15.1. The zero-order valence-corrected chi connectivity index (χ0v) is 14.1. The zero-order chi connectivity index (χ0) is 17.2. The van der Waals surface area contributed by atoms with Crippen molar-refractivity contribution in [3.63, 3.8) is 0 Å². The number of aromatic nitrogens is 3. The summed E-state index contributed by atoms with van der Waals surface area (Å²) >= 11 is 0. The van der Waals surface area contributed by atoms with Gasteiger partial charge in [0.1, 0.15) is 11.6 Å². The maximum absolute atomic E-state index is 13.2. The number of hydrogen-bond donors (Lipinski definition) is 2. The van der Waals surface area contributed by atoms with Crippen molar-refractivity contribution in [3.8, 4) is 11.3 Å². The van der Waals surface area contributed by atoms with Gasteiger partial charge in [0.2, 0.25) is 0 Å². The van der Waals surface area contributed by atoms with Crippen LogP contribution < -0.4 is 15.8 Å². The third kappa shape index (κ3) is 3.33. The molecule has 3 aromatic rings. The molecule has 1 aliphatic heterocycles. The molecule has 1 aliphatic rings. The minimum Gasteiger partial charge on any atom is -0.359 e. The molecule has 1 saturated heterocycles. The number of nitrogens with zero attached hydrogens (tertiary/aromatic N) is 4. The highest BCUT2D eigenvalue weighted by molar-refractivity contribution is 5.66. The third-order valence-electron chi connectivity index (χ3n) is 4.65. The Kier molecular flexibility index (Phi) is 4.33. The molecular formula is C18H21FN6. The molecule has 0 bridgehead atoms. The highest BCUT2D eigenvalue weighted by Crippen LogP contribution is 2.24. The summed E-state index contributed by atoms with van der Waals surface area (Å²) in [7, 11) is 2.07. The van der Waals surface area contributed by atoms with Crippen molar-refractivity contribution < 1.29 is 4.39 Å². The summed E-state index contributed by atoms with van der Waals surface area (Å²) in [4.78, 5) is 6.85. The molecule has 0 radical (unpaired) electrons. The summed E-state index contributed by atoms with van der Waals surface area (Å²) in [6.45, 7) is 2.93. The molecule has 2 N–H and O–H groups in total. The molecule has 0 spiro atoms. The largest absolute Gasteiger partial charge is 0.359 e. The fraction of sp³-hybridized carbons (Fsp3) is 0.333. The molecule has 25 heavy (non-hydrogen) atoms. The molecule has 0 atom stereocenters. The van der Waals surface area contributed by atoms with Crippen molar-refractivity contribution in [2.24, 2.45) is 5.92 Å². The standard InChI is InChI=1S/C18H21FN6/c1-24(9-7-13-11-20-21-12-13)18-10-16(14-2-4-15(19)5-3-14)23-17-6-8-22-25(17)18/h2-6,8,10,13,20-21H,7,9,11-12H2,1H3. The number of rotatable bonds is 5.